The Morgan fingerprint density at radius 3 is 2.58 bits per heavy atom. The van der Waals surface area contributed by atoms with Gasteiger partial charge in [0.1, 0.15) is 0 Å². The van der Waals surface area contributed by atoms with E-state index in [0.29, 0.717) is 0 Å². The van der Waals surface area contributed by atoms with Crippen molar-refractivity contribution in [2.24, 2.45) is 5.92 Å². The van der Waals surface area contributed by atoms with E-state index in [4.69, 9.17) is 0 Å². The molecule has 0 aromatic rings. The Balaban J connectivity index is 0.000000561. The standard InChI is InChI=1S/C10H18.C2H6/c1-3-5-10-7-4-6-9(2)8-10;1-2/h8,10H,3-7H2,1-2H3;1-2H3. The predicted molar refractivity (Wildman–Crippen MR) is 57.4 cm³/mol. The highest BCUT2D eigenvalue weighted by atomic mass is 14.1. The van der Waals surface area contributed by atoms with Gasteiger partial charge in [-0.05, 0) is 38.5 Å². The zero-order chi connectivity index (χ0) is 9.40. The molecule has 0 saturated heterocycles. The molecule has 0 aromatic carbocycles. The minimum Gasteiger partial charge on any atom is -0.0825 e. The van der Waals surface area contributed by atoms with E-state index in [1.54, 1.807) is 5.57 Å². The summed E-state index contributed by atoms with van der Waals surface area (Å²) in [6, 6.07) is 0. The first-order valence-corrected chi connectivity index (χ1v) is 5.50. The summed E-state index contributed by atoms with van der Waals surface area (Å²) in [7, 11) is 0. The topological polar surface area (TPSA) is 0 Å². The molecule has 1 aliphatic rings. The second-order valence-electron chi connectivity index (χ2n) is 3.45. The van der Waals surface area contributed by atoms with Crippen LogP contribution in [0.5, 0.6) is 0 Å². The van der Waals surface area contributed by atoms with Gasteiger partial charge in [-0.3, -0.25) is 0 Å². The predicted octanol–water partition coefficient (Wildman–Crippen LogP) is 4.56. The Hall–Kier alpha value is -0.260. The van der Waals surface area contributed by atoms with Crippen molar-refractivity contribution in [3.63, 3.8) is 0 Å². The molecule has 0 heterocycles. The third kappa shape index (κ3) is 4.58. The van der Waals surface area contributed by atoms with Crippen LogP contribution < -0.4 is 0 Å². The van der Waals surface area contributed by atoms with Crippen molar-refractivity contribution in [3.8, 4) is 0 Å². The van der Waals surface area contributed by atoms with E-state index in [2.05, 4.69) is 19.9 Å². The monoisotopic (exact) mass is 168 g/mol. The molecule has 0 aliphatic heterocycles. The molecule has 0 aromatic heterocycles. The average molecular weight is 168 g/mol. The van der Waals surface area contributed by atoms with Gasteiger partial charge in [0.05, 0.1) is 0 Å². The van der Waals surface area contributed by atoms with Crippen LogP contribution in [-0.2, 0) is 0 Å². The van der Waals surface area contributed by atoms with Crippen LogP contribution in [0.4, 0.5) is 0 Å². The lowest BCUT2D eigenvalue weighted by Crippen LogP contribution is -2.02. The van der Waals surface area contributed by atoms with Crippen molar-refractivity contribution in [1.82, 2.24) is 0 Å². The molecule has 0 amide bonds. The number of hydrogen-bond donors (Lipinski definition) is 0. The molecule has 0 bridgehead atoms. The van der Waals surface area contributed by atoms with E-state index in [1.807, 2.05) is 13.8 Å². The molecular formula is C12H24. The average Bonchev–Trinajstić information content (AvgIpc) is 2.09. The van der Waals surface area contributed by atoms with Gasteiger partial charge in [0.2, 0.25) is 0 Å². The van der Waals surface area contributed by atoms with Gasteiger partial charge < -0.3 is 0 Å². The summed E-state index contributed by atoms with van der Waals surface area (Å²) in [5.74, 6) is 0.916. The fraction of sp³-hybridized carbons (Fsp3) is 0.833. The Labute approximate surface area is 78.1 Å². The van der Waals surface area contributed by atoms with Gasteiger partial charge in [-0.25, -0.2) is 0 Å². The molecule has 12 heavy (non-hydrogen) atoms. The number of hydrogen-bond acceptors (Lipinski definition) is 0. The molecule has 0 saturated carbocycles. The van der Waals surface area contributed by atoms with Crippen LogP contribution in [0.2, 0.25) is 0 Å². The Morgan fingerprint density at radius 1 is 1.42 bits per heavy atom. The molecule has 0 radical (unpaired) electrons. The van der Waals surface area contributed by atoms with Crippen molar-refractivity contribution in [2.75, 3.05) is 0 Å². The summed E-state index contributed by atoms with van der Waals surface area (Å²) in [6.45, 7) is 8.54. The van der Waals surface area contributed by atoms with E-state index in [0.717, 1.165) is 5.92 Å². The Morgan fingerprint density at radius 2 is 2.08 bits per heavy atom. The van der Waals surface area contributed by atoms with Gasteiger partial charge >= 0.3 is 0 Å². The summed E-state index contributed by atoms with van der Waals surface area (Å²) < 4.78 is 0. The first-order chi connectivity index (χ1) is 5.83. The SMILES string of the molecule is CC.CCCC1C=C(C)CCC1. The molecule has 0 spiro atoms. The third-order valence-corrected chi connectivity index (χ3v) is 2.33. The minimum atomic E-state index is 0.916. The highest BCUT2D eigenvalue weighted by Crippen LogP contribution is 2.25. The van der Waals surface area contributed by atoms with Gasteiger partial charge in [0.15, 0.2) is 0 Å². The fourth-order valence-electron chi connectivity index (χ4n) is 1.81. The maximum absolute atomic E-state index is 2.48. The van der Waals surface area contributed by atoms with Crippen LogP contribution in [0, 0.1) is 5.92 Å². The molecule has 0 heteroatoms. The minimum absolute atomic E-state index is 0.916. The van der Waals surface area contributed by atoms with Gasteiger partial charge in [0, 0.05) is 0 Å². The molecule has 72 valence electrons. The second kappa shape index (κ2) is 7.39. The smallest absolute Gasteiger partial charge is 0.0231 e. The van der Waals surface area contributed by atoms with E-state index in [1.165, 1.54) is 32.1 Å². The van der Waals surface area contributed by atoms with E-state index in [9.17, 15) is 0 Å². The van der Waals surface area contributed by atoms with Crippen molar-refractivity contribution in [3.05, 3.63) is 11.6 Å². The zero-order valence-electron chi connectivity index (χ0n) is 9.19. The summed E-state index contributed by atoms with van der Waals surface area (Å²) in [6.07, 6.45) is 9.43. The number of allylic oxidation sites excluding steroid dienone is 2. The summed E-state index contributed by atoms with van der Waals surface area (Å²) in [5, 5.41) is 0. The summed E-state index contributed by atoms with van der Waals surface area (Å²) in [5.41, 5.74) is 1.62. The molecule has 1 rings (SSSR count). The maximum Gasteiger partial charge on any atom is -0.0231 e. The van der Waals surface area contributed by atoms with Crippen LogP contribution in [0.3, 0.4) is 0 Å². The van der Waals surface area contributed by atoms with Gasteiger partial charge in [-0.1, -0.05) is 38.8 Å². The molecular weight excluding hydrogens is 144 g/mol. The second-order valence-corrected chi connectivity index (χ2v) is 3.45. The zero-order valence-corrected chi connectivity index (χ0v) is 9.19. The van der Waals surface area contributed by atoms with Gasteiger partial charge in [0.25, 0.3) is 0 Å². The Bertz CT molecular complexity index is 122. The summed E-state index contributed by atoms with van der Waals surface area (Å²) in [4.78, 5) is 0. The van der Waals surface area contributed by atoms with Crippen molar-refractivity contribution >= 4 is 0 Å². The van der Waals surface area contributed by atoms with Crippen LogP contribution in [0.15, 0.2) is 11.6 Å². The lowest BCUT2D eigenvalue weighted by Gasteiger charge is -2.18. The van der Waals surface area contributed by atoms with Crippen LogP contribution >= 0.6 is 0 Å². The van der Waals surface area contributed by atoms with E-state index >= 15 is 0 Å². The van der Waals surface area contributed by atoms with Gasteiger partial charge in [-0.2, -0.15) is 0 Å². The van der Waals surface area contributed by atoms with E-state index in [-0.39, 0.29) is 0 Å². The van der Waals surface area contributed by atoms with Gasteiger partial charge in [-0.15, -0.1) is 0 Å². The van der Waals surface area contributed by atoms with Crippen LogP contribution in [-0.4, -0.2) is 0 Å². The van der Waals surface area contributed by atoms with Crippen molar-refractivity contribution in [1.29, 1.82) is 0 Å². The maximum atomic E-state index is 2.48. The highest BCUT2D eigenvalue weighted by Gasteiger charge is 2.09. The first-order valence-electron chi connectivity index (χ1n) is 5.50. The lowest BCUT2D eigenvalue weighted by molar-refractivity contribution is 0.490. The molecule has 0 nitrogen and oxygen atoms in total. The summed E-state index contributed by atoms with van der Waals surface area (Å²) >= 11 is 0. The Kier molecular flexibility index (Phi) is 7.23. The fourth-order valence-corrected chi connectivity index (χ4v) is 1.81. The lowest BCUT2D eigenvalue weighted by atomic mass is 9.88. The number of rotatable bonds is 2. The van der Waals surface area contributed by atoms with Crippen molar-refractivity contribution < 1.29 is 0 Å². The highest BCUT2D eigenvalue weighted by molar-refractivity contribution is 5.04. The molecule has 1 atom stereocenters. The molecule has 1 unspecified atom stereocenters. The van der Waals surface area contributed by atoms with Crippen LogP contribution in [0.25, 0.3) is 0 Å². The van der Waals surface area contributed by atoms with E-state index < -0.39 is 0 Å². The molecule has 0 fully saturated rings. The largest absolute Gasteiger partial charge is 0.0825 e. The quantitative estimate of drug-likeness (QED) is 0.530. The third-order valence-electron chi connectivity index (χ3n) is 2.33. The van der Waals surface area contributed by atoms with Crippen LogP contribution in [0.1, 0.15) is 59.8 Å². The molecule has 0 N–H and O–H groups in total. The molecule has 1 aliphatic carbocycles. The first kappa shape index (κ1) is 11.7. The van der Waals surface area contributed by atoms with Crippen molar-refractivity contribution in [2.45, 2.75) is 59.8 Å². The normalized spacial score (nSPS) is 22.3.